The minimum atomic E-state index is -0.692. The van der Waals surface area contributed by atoms with E-state index in [0.29, 0.717) is 0 Å². The summed E-state index contributed by atoms with van der Waals surface area (Å²) >= 11 is 0. The number of nitrogens with zero attached hydrogens (tertiary/aromatic N) is 1. The largest absolute Gasteiger partial charge is 0.335 e. The highest BCUT2D eigenvalue weighted by Gasteiger charge is 2.36. The van der Waals surface area contributed by atoms with Crippen molar-refractivity contribution in [3.05, 3.63) is 35.4 Å². The number of carbonyl (C=O) groups excluding carboxylic acids is 4. The summed E-state index contributed by atoms with van der Waals surface area (Å²) in [6.45, 7) is -0.468. The van der Waals surface area contributed by atoms with Crippen LogP contribution in [0.2, 0.25) is 0 Å². The summed E-state index contributed by atoms with van der Waals surface area (Å²) in [5.74, 6) is -1.73. The molecule has 7 nitrogen and oxygen atoms in total. The molecule has 1 aliphatic heterocycles. The van der Waals surface area contributed by atoms with Crippen LogP contribution in [0.1, 0.15) is 33.6 Å². The quantitative estimate of drug-likeness (QED) is 0.780. The molecule has 1 aliphatic carbocycles. The molecular weight excluding hydrogens is 274 g/mol. The van der Waals surface area contributed by atoms with E-state index in [-0.39, 0.29) is 17.2 Å². The van der Waals surface area contributed by atoms with Crippen molar-refractivity contribution in [2.24, 2.45) is 0 Å². The van der Waals surface area contributed by atoms with Crippen LogP contribution in [-0.2, 0) is 4.79 Å². The van der Waals surface area contributed by atoms with Gasteiger partial charge in [-0.15, -0.1) is 0 Å². The lowest BCUT2D eigenvalue weighted by atomic mass is 10.1. The Kier molecular flexibility index (Phi) is 3.17. The van der Waals surface area contributed by atoms with Gasteiger partial charge in [-0.3, -0.25) is 24.6 Å². The fourth-order valence-corrected chi connectivity index (χ4v) is 2.14. The number of benzene rings is 1. The normalized spacial score (nSPS) is 16.7. The Labute approximate surface area is 120 Å². The van der Waals surface area contributed by atoms with Crippen molar-refractivity contribution in [1.82, 2.24) is 15.5 Å². The maximum atomic E-state index is 12.0. The summed E-state index contributed by atoms with van der Waals surface area (Å²) in [5.41, 5.74) is 0.551. The summed E-state index contributed by atoms with van der Waals surface area (Å²) in [7, 11) is 0. The molecule has 2 aliphatic rings. The predicted octanol–water partition coefficient (Wildman–Crippen LogP) is 0.271. The van der Waals surface area contributed by atoms with Crippen molar-refractivity contribution in [1.29, 1.82) is 0 Å². The molecule has 1 heterocycles. The first-order valence-electron chi connectivity index (χ1n) is 6.62. The van der Waals surface area contributed by atoms with Crippen LogP contribution >= 0.6 is 0 Å². The van der Waals surface area contributed by atoms with Crippen molar-refractivity contribution >= 4 is 23.8 Å². The van der Waals surface area contributed by atoms with Gasteiger partial charge in [0.1, 0.15) is 6.54 Å². The van der Waals surface area contributed by atoms with Gasteiger partial charge in [-0.25, -0.2) is 4.79 Å². The number of nitrogens with one attached hydrogen (secondary N) is 2. The standard InChI is InChI=1S/C14H13N3O4/c18-11(16-14(21)15-8-5-6-8)7-17-12(19)9-3-1-2-4-10(9)13(17)20/h1-4,8H,5-7H2,(H2,15,16,18,21). The Morgan fingerprint density at radius 3 is 2.19 bits per heavy atom. The van der Waals surface area contributed by atoms with Crippen LogP contribution < -0.4 is 10.6 Å². The minimum absolute atomic E-state index is 0.122. The summed E-state index contributed by atoms with van der Waals surface area (Å²) in [4.78, 5) is 48.1. The van der Waals surface area contributed by atoms with Gasteiger partial charge in [0.25, 0.3) is 11.8 Å². The van der Waals surface area contributed by atoms with Gasteiger partial charge >= 0.3 is 6.03 Å². The summed E-state index contributed by atoms with van der Waals surface area (Å²) in [6.07, 6.45) is 1.81. The Balaban J connectivity index is 1.63. The number of imide groups is 2. The minimum Gasteiger partial charge on any atom is -0.335 e. The van der Waals surface area contributed by atoms with Crippen LogP contribution in [0.25, 0.3) is 0 Å². The van der Waals surface area contributed by atoms with Crippen LogP contribution in [0.3, 0.4) is 0 Å². The topological polar surface area (TPSA) is 95.6 Å². The van der Waals surface area contributed by atoms with Crippen LogP contribution in [0, 0.1) is 0 Å². The summed E-state index contributed by atoms with van der Waals surface area (Å²) in [6, 6.07) is 5.89. The monoisotopic (exact) mass is 287 g/mol. The third-order valence-electron chi connectivity index (χ3n) is 3.35. The van der Waals surface area contributed by atoms with Crippen LogP contribution in [-0.4, -0.2) is 41.2 Å². The van der Waals surface area contributed by atoms with E-state index < -0.39 is 30.3 Å². The van der Waals surface area contributed by atoms with E-state index in [4.69, 9.17) is 0 Å². The Morgan fingerprint density at radius 2 is 1.67 bits per heavy atom. The van der Waals surface area contributed by atoms with Crippen molar-refractivity contribution in [3.8, 4) is 0 Å². The first kappa shape index (κ1) is 13.3. The van der Waals surface area contributed by atoms with Gasteiger partial charge in [0, 0.05) is 6.04 Å². The number of amides is 5. The van der Waals surface area contributed by atoms with Crippen molar-refractivity contribution in [2.45, 2.75) is 18.9 Å². The van der Waals surface area contributed by atoms with E-state index in [1.807, 2.05) is 0 Å². The van der Waals surface area contributed by atoms with Gasteiger partial charge < -0.3 is 5.32 Å². The van der Waals surface area contributed by atoms with Gasteiger partial charge in [0.05, 0.1) is 11.1 Å². The molecule has 0 spiro atoms. The lowest BCUT2D eigenvalue weighted by molar-refractivity contribution is -0.120. The highest BCUT2D eigenvalue weighted by molar-refractivity contribution is 6.22. The van der Waals surface area contributed by atoms with Crippen molar-refractivity contribution in [2.75, 3.05) is 6.54 Å². The highest BCUT2D eigenvalue weighted by atomic mass is 16.2. The van der Waals surface area contributed by atoms with E-state index in [0.717, 1.165) is 17.7 Å². The molecule has 0 atom stereocenters. The molecule has 0 aromatic heterocycles. The molecule has 0 unspecified atom stereocenters. The van der Waals surface area contributed by atoms with Gasteiger partial charge in [-0.1, -0.05) is 12.1 Å². The second-order valence-electron chi connectivity index (χ2n) is 5.04. The van der Waals surface area contributed by atoms with Crippen LogP contribution in [0.5, 0.6) is 0 Å². The maximum absolute atomic E-state index is 12.0. The Morgan fingerprint density at radius 1 is 1.10 bits per heavy atom. The maximum Gasteiger partial charge on any atom is 0.321 e. The van der Waals surface area contributed by atoms with E-state index in [2.05, 4.69) is 10.6 Å². The molecule has 0 saturated heterocycles. The molecule has 2 N–H and O–H groups in total. The lowest BCUT2D eigenvalue weighted by Crippen LogP contribution is -2.46. The van der Waals surface area contributed by atoms with Gasteiger partial charge in [0.15, 0.2) is 0 Å². The molecule has 1 saturated carbocycles. The third kappa shape index (κ3) is 2.62. The van der Waals surface area contributed by atoms with Crippen LogP contribution in [0.4, 0.5) is 4.79 Å². The van der Waals surface area contributed by atoms with Crippen molar-refractivity contribution in [3.63, 3.8) is 0 Å². The Bertz CT molecular complexity index is 616. The second-order valence-corrected chi connectivity index (χ2v) is 5.04. The molecule has 7 heteroatoms. The van der Waals surface area contributed by atoms with Gasteiger partial charge in [-0.2, -0.15) is 0 Å². The molecule has 108 valence electrons. The van der Waals surface area contributed by atoms with Crippen molar-refractivity contribution < 1.29 is 19.2 Å². The molecule has 0 radical (unpaired) electrons. The molecule has 0 bridgehead atoms. The number of fused-ring (bicyclic) bond motifs is 1. The molecule has 1 aromatic rings. The summed E-state index contributed by atoms with van der Waals surface area (Å²) in [5, 5.41) is 4.70. The first-order valence-corrected chi connectivity index (χ1v) is 6.62. The fraction of sp³-hybridized carbons (Fsp3) is 0.286. The SMILES string of the molecule is O=C(CN1C(=O)c2ccccc2C1=O)NC(=O)NC1CC1. The molecule has 1 fully saturated rings. The average Bonchev–Trinajstić information content (AvgIpc) is 3.23. The van der Waals surface area contributed by atoms with Crippen LogP contribution in [0.15, 0.2) is 24.3 Å². The zero-order valence-corrected chi connectivity index (χ0v) is 11.1. The number of carbonyl (C=O) groups is 4. The fourth-order valence-electron chi connectivity index (χ4n) is 2.14. The van der Waals surface area contributed by atoms with Gasteiger partial charge in [-0.05, 0) is 25.0 Å². The number of rotatable bonds is 3. The second kappa shape index (κ2) is 5.01. The number of hydrogen-bond acceptors (Lipinski definition) is 4. The highest BCUT2D eigenvalue weighted by Crippen LogP contribution is 2.22. The average molecular weight is 287 g/mol. The molecule has 5 amide bonds. The summed E-state index contributed by atoms with van der Waals surface area (Å²) < 4.78 is 0. The molecule has 21 heavy (non-hydrogen) atoms. The van der Waals surface area contributed by atoms with E-state index in [9.17, 15) is 19.2 Å². The third-order valence-corrected chi connectivity index (χ3v) is 3.35. The molecule has 1 aromatic carbocycles. The predicted molar refractivity (Wildman–Crippen MR) is 71.5 cm³/mol. The zero-order chi connectivity index (χ0) is 15.0. The van der Waals surface area contributed by atoms with E-state index in [1.165, 1.54) is 12.1 Å². The van der Waals surface area contributed by atoms with E-state index >= 15 is 0 Å². The first-order chi connectivity index (χ1) is 10.1. The van der Waals surface area contributed by atoms with Gasteiger partial charge in [0.2, 0.25) is 5.91 Å². The number of hydrogen-bond donors (Lipinski definition) is 2. The molecule has 3 rings (SSSR count). The Hall–Kier alpha value is -2.70. The molecular formula is C14H13N3O4. The number of urea groups is 1. The van der Waals surface area contributed by atoms with E-state index in [1.54, 1.807) is 12.1 Å². The lowest BCUT2D eigenvalue weighted by Gasteiger charge is -2.13. The zero-order valence-electron chi connectivity index (χ0n) is 11.1. The smallest absolute Gasteiger partial charge is 0.321 e.